The van der Waals surface area contributed by atoms with Gasteiger partial charge in [0.2, 0.25) is 0 Å². The Morgan fingerprint density at radius 1 is 1.32 bits per heavy atom. The molecule has 3 rings (SSSR count). The molecule has 1 aromatic carbocycles. The molecule has 1 aliphatic rings. The Bertz CT molecular complexity index is 836. The molecule has 0 bridgehead atoms. The van der Waals surface area contributed by atoms with Gasteiger partial charge in [-0.25, -0.2) is 14.4 Å². The average molecular weight is 387 g/mol. The molecule has 0 radical (unpaired) electrons. The smallest absolute Gasteiger partial charge is 0.253 e. The molecule has 1 amide bonds. The first-order valence-electron chi connectivity index (χ1n) is 9.56. The number of aryl methyl sites for hydroxylation is 1. The van der Waals surface area contributed by atoms with Crippen molar-refractivity contribution in [2.45, 2.75) is 39.2 Å². The summed E-state index contributed by atoms with van der Waals surface area (Å²) in [5, 5.41) is 0. The third kappa shape index (κ3) is 4.47. The van der Waals surface area contributed by atoms with E-state index < -0.39 is 5.82 Å². The number of rotatable bonds is 6. The summed E-state index contributed by atoms with van der Waals surface area (Å²) in [5.74, 6) is 0.446. The van der Waals surface area contributed by atoms with Gasteiger partial charge in [0.1, 0.15) is 5.82 Å². The number of nitrogens with zero attached hydrogens (tertiary/aromatic N) is 3. The van der Waals surface area contributed by atoms with Crippen molar-refractivity contribution >= 4 is 5.91 Å². The molecule has 0 aliphatic carbocycles. The number of piperidine rings is 1. The van der Waals surface area contributed by atoms with Gasteiger partial charge in [0.25, 0.3) is 5.91 Å². The molecule has 0 N–H and O–H groups in total. The van der Waals surface area contributed by atoms with Gasteiger partial charge in [-0.2, -0.15) is 0 Å². The molecule has 2 aromatic rings. The fourth-order valence-electron chi connectivity index (χ4n) is 3.53. The van der Waals surface area contributed by atoms with Crippen molar-refractivity contribution in [3.8, 4) is 5.75 Å². The highest BCUT2D eigenvalue weighted by Crippen LogP contribution is 2.30. The van der Waals surface area contributed by atoms with Gasteiger partial charge in [0, 0.05) is 42.9 Å². The minimum Gasteiger partial charge on any atom is -0.494 e. The lowest BCUT2D eigenvalue weighted by atomic mass is 9.90. The predicted molar refractivity (Wildman–Crippen MR) is 103 cm³/mol. The molecule has 6 nitrogen and oxygen atoms in total. The lowest BCUT2D eigenvalue weighted by Crippen LogP contribution is -2.38. The number of hydrogen-bond donors (Lipinski definition) is 0. The molecule has 150 valence electrons. The molecule has 0 saturated carbocycles. The van der Waals surface area contributed by atoms with E-state index in [9.17, 15) is 9.18 Å². The molecule has 0 spiro atoms. The Morgan fingerprint density at radius 3 is 2.71 bits per heavy atom. The van der Waals surface area contributed by atoms with Crippen molar-refractivity contribution in [1.29, 1.82) is 0 Å². The second-order valence-corrected chi connectivity index (χ2v) is 6.88. The summed E-state index contributed by atoms with van der Waals surface area (Å²) in [6.45, 7) is 6.18. The van der Waals surface area contributed by atoms with E-state index in [-0.39, 0.29) is 17.6 Å². The van der Waals surface area contributed by atoms with Gasteiger partial charge in [0.05, 0.1) is 19.4 Å². The van der Waals surface area contributed by atoms with Crippen LogP contribution in [0.3, 0.4) is 0 Å². The first-order valence-corrected chi connectivity index (χ1v) is 9.56. The lowest BCUT2D eigenvalue weighted by Gasteiger charge is -2.32. The number of likely N-dealkylation sites (tertiary alicyclic amines) is 1. The van der Waals surface area contributed by atoms with Crippen LogP contribution in [0.1, 0.15) is 53.1 Å². The number of methoxy groups -OCH3 is 1. The number of hydrogen-bond acceptors (Lipinski definition) is 5. The first kappa shape index (κ1) is 20.2. The highest BCUT2D eigenvalue weighted by Gasteiger charge is 2.27. The van der Waals surface area contributed by atoms with E-state index >= 15 is 0 Å². The van der Waals surface area contributed by atoms with Crippen LogP contribution in [0.5, 0.6) is 5.75 Å². The zero-order chi connectivity index (χ0) is 20.1. The largest absolute Gasteiger partial charge is 0.494 e. The van der Waals surface area contributed by atoms with Crippen molar-refractivity contribution in [1.82, 2.24) is 14.9 Å². The number of carbonyl (C=O) groups excluding carboxylic acids is 1. The summed E-state index contributed by atoms with van der Waals surface area (Å²) < 4.78 is 24.4. The van der Waals surface area contributed by atoms with E-state index in [1.54, 1.807) is 11.0 Å². The number of aromatic nitrogens is 2. The molecular formula is C21H26FN3O3. The number of halogens is 1. The normalized spacial score (nSPS) is 14.9. The van der Waals surface area contributed by atoms with Crippen LogP contribution in [0.15, 0.2) is 24.4 Å². The third-order valence-electron chi connectivity index (χ3n) is 5.05. The van der Waals surface area contributed by atoms with Gasteiger partial charge in [0.15, 0.2) is 11.6 Å². The fraction of sp³-hybridized carbons (Fsp3) is 0.476. The second kappa shape index (κ2) is 9.10. The summed E-state index contributed by atoms with van der Waals surface area (Å²) >= 11 is 0. The summed E-state index contributed by atoms with van der Waals surface area (Å²) in [4.78, 5) is 23.4. The minimum atomic E-state index is -0.528. The van der Waals surface area contributed by atoms with Gasteiger partial charge >= 0.3 is 0 Å². The fourth-order valence-corrected chi connectivity index (χ4v) is 3.53. The Labute approximate surface area is 164 Å². The van der Waals surface area contributed by atoms with Crippen LogP contribution < -0.4 is 4.74 Å². The number of amides is 1. The van der Waals surface area contributed by atoms with Crippen LogP contribution in [-0.4, -0.2) is 47.6 Å². The molecule has 2 heterocycles. The molecular weight excluding hydrogens is 361 g/mol. The highest BCUT2D eigenvalue weighted by atomic mass is 19.1. The Morgan fingerprint density at radius 2 is 2.07 bits per heavy atom. The van der Waals surface area contributed by atoms with E-state index in [1.165, 1.54) is 19.2 Å². The minimum absolute atomic E-state index is 0.135. The molecule has 1 aromatic heterocycles. The Hall–Kier alpha value is -2.54. The molecule has 1 saturated heterocycles. The van der Waals surface area contributed by atoms with Gasteiger partial charge in [-0.15, -0.1) is 0 Å². The van der Waals surface area contributed by atoms with E-state index in [2.05, 4.69) is 9.97 Å². The summed E-state index contributed by atoms with van der Waals surface area (Å²) in [7, 11) is 1.40. The molecule has 0 atom stereocenters. The van der Waals surface area contributed by atoms with Gasteiger partial charge in [-0.05, 0) is 44.9 Å². The topological polar surface area (TPSA) is 64.6 Å². The van der Waals surface area contributed by atoms with E-state index in [4.69, 9.17) is 9.47 Å². The summed E-state index contributed by atoms with van der Waals surface area (Å²) in [6.07, 6.45) is 3.45. The van der Waals surface area contributed by atoms with Crippen molar-refractivity contribution in [2.24, 2.45) is 0 Å². The predicted octanol–water partition coefficient (Wildman–Crippen LogP) is 3.49. The zero-order valence-corrected chi connectivity index (χ0v) is 16.6. The summed E-state index contributed by atoms with van der Waals surface area (Å²) in [5.41, 5.74) is 2.37. The highest BCUT2D eigenvalue weighted by molar-refractivity contribution is 5.94. The van der Waals surface area contributed by atoms with Crippen LogP contribution in [0.25, 0.3) is 0 Å². The average Bonchev–Trinajstić information content (AvgIpc) is 2.72. The Kier molecular flexibility index (Phi) is 6.57. The molecule has 1 aliphatic heterocycles. The molecule has 28 heavy (non-hydrogen) atoms. The van der Waals surface area contributed by atoms with Crippen LogP contribution >= 0.6 is 0 Å². The van der Waals surface area contributed by atoms with Crippen LogP contribution in [0.2, 0.25) is 0 Å². The first-order chi connectivity index (χ1) is 13.5. The van der Waals surface area contributed by atoms with E-state index in [1.807, 2.05) is 20.0 Å². The number of benzene rings is 1. The maximum atomic E-state index is 13.9. The van der Waals surface area contributed by atoms with Gasteiger partial charge in [-0.1, -0.05) is 0 Å². The quantitative estimate of drug-likeness (QED) is 0.759. The molecule has 1 fully saturated rings. The maximum Gasteiger partial charge on any atom is 0.253 e. The summed E-state index contributed by atoms with van der Waals surface area (Å²) in [6, 6.07) is 4.32. The standard InChI is InChI=1S/C21H26FN3O3/c1-4-28-13-17-12-23-14(2)24-20(17)15-7-9-25(10-8-15)21(26)16-5-6-19(27-3)18(22)11-16/h5-6,11-12,15H,4,7-10,13H2,1-3H3. The Balaban J connectivity index is 1.68. The van der Waals surface area contributed by atoms with Crippen molar-refractivity contribution in [3.05, 3.63) is 52.9 Å². The van der Waals surface area contributed by atoms with E-state index in [0.717, 1.165) is 29.9 Å². The third-order valence-corrected chi connectivity index (χ3v) is 5.05. The SMILES string of the molecule is CCOCc1cnc(C)nc1C1CCN(C(=O)c2ccc(OC)c(F)c2)CC1. The van der Waals surface area contributed by atoms with E-state index in [0.29, 0.717) is 31.9 Å². The second-order valence-electron chi connectivity index (χ2n) is 6.88. The van der Waals surface area contributed by atoms with Crippen LogP contribution in [0, 0.1) is 12.7 Å². The molecule has 0 unspecified atom stereocenters. The number of carbonyl (C=O) groups is 1. The monoisotopic (exact) mass is 387 g/mol. The van der Waals surface area contributed by atoms with Crippen molar-refractivity contribution in [3.63, 3.8) is 0 Å². The number of ether oxygens (including phenoxy) is 2. The van der Waals surface area contributed by atoms with Gasteiger partial charge < -0.3 is 14.4 Å². The van der Waals surface area contributed by atoms with Crippen molar-refractivity contribution < 1.29 is 18.7 Å². The van der Waals surface area contributed by atoms with Crippen molar-refractivity contribution in [2.75, 3.05) is 26.8 Å². The van der Waals surface area contributed by atoms with Gasteiger partial charge in [-0.3, -0.25) is 4.79 Å². The maximum absolute atomic E-state index is 13.9. The lowest BCUT2D eigenvalue weighted by molar-refractivity contribution is 0.0710. The molecule has 7 heteroatoms. The van der Waals surface area contributed by atoms with Crippen LogP contribution in [0.4, 0.5) is 4.39 Å². The zero-order valence-electron chi connectivity index (χ0n) is 16.6. The van der Waals surface area contributed by atoms with Crippen LogP contribution in [-0.2, 0) is 11.3 Å².